The van der Waals surface area contributed by atoms with Gasteiger partial charge in [-0.1, -0.05) is 12.1 Å². The SMILES string of the molecule is Cl.O=C(Nc1cccc(-c2nnnn2C2CC2)c1)C1CSCN1. The molecule has 2 heterocycles. The lowest BCUT2D eigenvalue weighted by molar-refractivity contribution is -0.117. The van der Waals surface area contributed by atoms with Gasteiger partial charge in [0.2, 0.25) is 5.91 Å². The van der Waals surface area contributed by atoms with Crippen LogP contribution in [0.5, 0.6) is 0 Å². The van der Waals surface area contributed by atoms with Crippen molar-refractivity contribution in [3.63, 3.8) is 0 Å². The number of hydrogen-bond donors (Lipinski definition) is 2. The van der Waals surface area contributed by atoms with Gasteiger partial charge in [0.05, 0.1) is 12.1 Å². The summed E-state index contributed by atoms with van der Waals surface area (Å²) in [5.74, 6) is 2.40. The van der Waals surface area contributed by atoms with Gasteiger partial charge < -0.3 is 5.32 Å². The highest BCUT2D eigenvalue weighted by Gasteiger charge is 2.28. The minimum atomic E-state index is -0.120. The maximum Gasteiger partial charge on any atom is 0.242 e. The first kappa shape index (κ1) is 16.2. The lowest BCUT2D eigenvalue weighted by Crippen LogP contribution is -2.37. The van der Waals surface area contributed by atoms with Crippen molar-refractivity contribution in [1.29, 1.82) is 0 Å². The van der Waals surface area contributed by atoms with E-state index in [9.17, 15) is 4.79 Å². The van der Waals surface area contributed by atoms with Crippen LogP contribution in [0.1, 0.15) is 18.9 Å². The molecule has 122 valence electrons. The van der Waals surface area contributed by atoms with Crippen LogP contribution in [0.3, 0.4) is 0 Å². The zero-order valence-electron chi connectivity index (χ0n) is 12.3. The minimum Gasteiger partial charge on any atom is -0.325 e. The Labute approximate surface area is 144 Å². The van der Waals surface area contributed by atoms with E-state index in [1.807, 2.05) is 28.9 Å². The Bertz CT molecular complexity index is 698. The average Bonchev–Trinajstić information content (AvgIpc) is 3.05. The molecule has 1 amide bonds. The van der Waals surface area contributed by atoms with Crippen LogP contribution in [0.4, 0.5) is 5.69 Å². The Balaban J connectivity index is 0.00000156. The van der Waals surface area contributed by atoms with Crippen LogP contribution in [0, 0.1) is 0 Å². The summed E-state index contributed by atoms with van der Waals surface area (Å²) in [5, 5.41) is 18.1. The van der Waals surface area contributed by atoms with Gasteiger partial charge in [-0.3, -0.25) is 10.1 Å². The van der Waals surface area contributed by atoms with E-state index in [1.54, 1.807) is 11.8 Å². The Hall–Kier alpha value is -1.64. The first-order valence-electron chi connectivity index (χ1n) is 7.31. The molecule has 2 aromatic rings. The number of benzene rings is 1. The van der Waals surface area contributed by atoms with Crippen LogP contribution in [0.15, 0.2) is 24.3 Å². The molecule has 0 spiro atoms. The molecule has 2 aliphatic rings. The highest BCUT2D eigenvalue weighted by atomic mass is 35.5. The molecule has 1 saturated heterocycles. The van der Waals surface area contributed by atoms with Crippen LogP contribution in [-0.2, 0) is 4.79 Å². The Morgan fingerprint density at radius 1 is 1.39 bits per heavy atom. The number of thioether (sulfide) groups is 1. The molecule has 0 bridgehead atoms. The molecule has 9 heteroatoms. The summed E-state index contributed by atoms with van der Waals surface area (Å²) in [7, 11) is 0. The van der Waals surface area contributed by atoms with E-state index in [0.717, 1.165) is 41.5 Å². The number of halogens is 1. The van der Waals surface area contributed by atoms with Gasteiger partial charge in [0.25, 0.3) is 0 Å². The number of aromatic nitrogens is 4. The second-order valence-electron chi connectivity index (χ2n) is 5.52. The monoisotopic (exact) mass is 352 g/mol. The lowest BCUT2D eigenvalue weighted by Gasteiger charge is -2.11. The van der Waals surface area contributed by atoms with Crippen molar-refractivity contribution < 1.29 is 4.79 Å². The normalized spacial score (nSPS) is 20.1. The number of carbonyl (C=O) groups is 1. The van der Waals surface area contributed by atoms with E-state index in [-0.39, 0.29) is 24.4 Å². The number of anilines is 1. The van der Waals surface area contributed by atoms with Gasteiger partial charge in [-0.05, 0) is 35.4 Å². The summed E-state index contributed by atoms with van der Waals surface area (Å²) in [6.07, 6.45) is 2.25. The maximum absolute atomic E-state index is 12.2. The predicted molar refractivity (Wildman–Crippen MR) is 91.7 cm³/mol. The zero-order valence-corrected chi connectivity index (χ0v) is 13.9. The van der Waals surface area contributed by atoms with Gasteiger partial charge in [0.1, 0.15) is 0 Å². The zero-order chi connectivity index (χ0) is 14.9. The topological polar surface area (TPSA) is 84.7 Å². The van der Waals surface area contributed by atoms with Crippen LogP contribution >= 0.6 is 24.2 Å². The second kappa shape index (κ2) is 6.86. The Kier molecular flexibility index (Phi) is 4.84. The van der Waals surface area contributed by atoms with E-state index < -0.39 is 0 Å². The van der Waals surface area contributed by atoms with E-state index in [4.69, 9.17) is 0 Å². The summed E-state index contributed by atoms with van der Waals surface area (Å²) in [5.41, 5.74) is 1.69. The molecular weight excluding hydrogens is 336 g/mol. The average molecular weight is 353 g/mol. The molecule has 1 aromatic heterocycles. The smallest absolute Gasteiger partial charge is 0.242 e. The number of nitrogens with zero attached hydrogens (tertiary/aromatic N) is 4. The molecule has 4 rings (SSSR count). The van der Waals surface area contributed by atoms with Crippen molar-refractivity contribution in [2.45, 2.75) is 24.9 Å². The van der Waals surface area contributed by atoms with Crippen molar-refractivity contribution in [3.05, 3.63) is 24.3 Å². The minimum absolute atomic E-state index is 0. The van der Waals surface area contributed by atoms with Crippen LogP contribution < -0.4 is 10.6 Å². The summed E-state index contributed by atoms with van der Waals surface area (Å²) >= 11 is 1.73. The fraction of sp³-hybridized carbons (Fsp3) is 0.429. The molecule has 1 aliphatic heterocycles. The van der Waals surface area contributed by atoms with Gasteiger partial charge in [0.15, 0.2) is 5.82 Å². The van der Waals surface area contributed by atoms with E-state index in [0.29, 0.717) is 6.04 Å². The van der Waals surface area contributed by atoms with E-state index >= 15 is 0 Å². The molecule has 7 nitrogen and oxygen atoms in total. The van der Waals surface area contributed by atoms with Crippen molar-refractivity contribution in [2.24, 2.45) is 0 Å². The molecule has 2 N–H and O–H groups in total. The van der Waals surface area contributed by atoms with Crippen LogP contribution in [0.25, 0.3) is 11.4 Å². The molecular formula is C14H17ClN6OS. The Morgan fingerprint density at radius 2 is 2.26 bits per heavy atom. The van der Waals surface area contributed by atoms with Crippen LogP contribution in [0.2, 0.25) is 0 Å². The highest BCUT2D eigenvalue weighted by Crippen LogP contribution is 2.36. The largest absolute Gasteiger partial charge is 0.325 e. The Morgan fingerprint density at radius 3 is 3.00 bits per heavy atom. The van der Waals surface area contributed by atoms with Gasteiger partial charge in [0, 0.05) is 22.9 Å². The van der Waals surface area contributed by atoms with Gasteiger partial charge in [-0.25, -0.2) is 4.68 Å². The quantitative estimate of drug-likeness (QED) is 0.871. The molecule has 2 fully saturated rings. The third kappa shape index (κ3) is 3.49. The molecule has 1 aliphatic carbocycles. The van der Waals surface area contributed by atoms with Crippen molar-refractivity contribution in [3.8, 4) is 11.4 Å². The molecule has 1 atom stereocenters. The second-order valence-corrected chi connectivity index (χ2v) is 6.55. The summed E-state index contributed by atoms with van der Waals surface area (Å²) < 4.78 is 1.87. The number of carbonyl (C=O) groups excluding carboxylic acids is 1. The molecule has 23 heavy (non-hydrogen) atoms. The molecule has 1 aromatic carbocycles. The summed E-state index contributed by atoms with van der Waals surface area (Å²) in [6, 6.07) is 7.98. The van der Waals surface area contributed by atoms with Crippen LogP contribution in [-0.4, -0.2) is 43.8 Å². The van der Waals surface area contributed by atoms with Crippen molar-refractivity contribution >= 4 is 35.8 Å². The fourth-order valence-electron chi connectivity index (χ4n) is 2.48. The molecule has 0 radical (unpaired) electrons. The fourth-order valence-corrected chi connectivity index (χ4v) is 3.42. The third-order valence-electron chi connectivity index (χ3n) is 3.81. The number of amides is 1. The maximum atomic E-state index is 12.2. The van der Waals surface area contributed by atoms with E-state index in [1.165, 1.54) is 0 Å². The number of nitrogens with one attached hydrogen (secondary N) is 2. The lowest BCUT2D eigenvalue weighted by atomic mass is 10.2. The first-order chi connectivity index (χ1) is 10.8. The standard InChI is InChI=1S/C14H16N6OS.ClH/c21-14(12-7-22-8-15-12)16-10-3-1-2-9(6-10)13-17-18-19-20(13)11-4-5-11;/h1-3,6,11-12,15H,4-5,7-8H2,(H,16,21);1H. The predicted octanol–water partition coefficient (Wildman–Crippen LogP) is 1.70. The van der Waals surface area contributed by atoms with Crippen molar-refractivity contribution in [2.75, 3.05) is 16.9 Å². The summed E-state index contributed by atoms with van der Waals surface area (Å²) in [6.45, 7) is 0. The highest BCUT2D eigenvalue weighted by molar-refractivity contribution is 7.99. The van der Waals surface area contributed by atoms with Crippen molar-refractivity contribution in [1.82, 2.24) is 25.5 Å². The number of rotatable bonds is 4. The van der Waals surface area contributed by atoms with E-state index in [2.05, 4.69) is 26.2 Å². The molecule has 1 saturated carbocycles. The van der Waals surface area contributed by atoms with Gasteiger partial charge in [-0.2, -0.15) is 0 Å². The number of tetrazole rings is 1. The number of hydrogen-bond acceptors (Lipinski definition) is 6. The van der Waals surface area contributed by atoms with Gasteiger partial charge in [-0.15, -0.1) is 29.3 Å². The van der Waals surface area contributed by atoms with Gasteiger partial charge >= 0.3 is 0 Å². The third-order valence-corrected chi connectivity index (χ3v) is 4.75. The first-order valence-corrected chi connectivity index (χ1v) is 8.47. The molecule has 1 unspecified atom stereocenters. The summed E-state index contributed by atoms with van der Waals surface area (Å²) in [4.78, 5) is 12.2.